The van der Waals surface area contributed by atoms with E-state index < -0.39 is 60.6 Å². The number of nitro groups is 2. The van der Waals surface area contributed by atoms with E-state index in [0.29, 0.717) is 0 Å². The molecule has 0 saturated heterocycles. The highest BCUT2D eigenvalue weighted by molar-refractivity contribution is 4.76. The number of aliphatic hydroxyl groups excluding tert-OH is 6. The fourth-order valence-corrected chi connectivity index (χ4v) is 0.646. The maximum atomic E-state index is 10.0. The van der Waals surface area contributed by atoms with Crippen LogP contribution in [0.4, 0.5) is 0 Å². The Balaban J connectivity index is 0. The lowest BCUT2D eigenvalue weighted by molar-refractivity contribution is -0.580. The smallest absolute Gasteiger partial charge is 0.289 e. The third-order valence-corrected chi connectivity index (χ3v) is 2.54. The number of nitrogens with zero attached hydrogens (tertiary/aromatic N) is 2. The van der Waals surface area contributed by atoms with Crippen LogP contribution in [0.3, 0.4) is 0 Å². The third kappa shape index (κ3) is 4.92. The summed E-state index contributed by atoms with van der Waals surface area (Å²) in [5.74, 6) is 0. The lowest BCUT2D eigenvalue weighted by Gasteiger charge is -2.16. The van der Waals surface area contributed by atoms with Crippen molar-refractivity contribution in [2.75, 3.05) is 39.6 Å². The van der Waals surface area contributed by atoms with E-state index in [1.165, 1.54) is 0 Å². The Labute approximate surface area is 112 Å². The third-order valence-electron chi connectivity index (χ3n) is 2.54. The Morgan fingerprint density at radius 1 is 0.600 bits per heavy atom. The molecule has 0 atom stereocenters. The average molecular weight is 302 g/mol. The van der Waals surface area contributed by atoms with Crippen LogP contribution in [0.1, 0.15) is 0 Å². The summed E-state index contributed by atoms with van der Waals surface area (Å²) in [5.41, 5.74) is -3.97. The van der Waals surface area contributed by atoms with E-state index in [-0.39, 0.29) is 0 Å². The van der Waals surface area contributed by atoms with E-state index in [1.807, 2.05) is 0 Å². The van der Waals surface area contributed by atoms with E-state index in [4.69, 9.17) is 30.6 Å². The minimum atomic E-state index is -1.99. The van der Waals surface area contributed by atoms with Crippen molar-refractivity contribution in [3.63, 3.8) is 0 Å². The van der Waals surface area contributed by atoms with Crippen LogP contribution in [0.5, 0.6) is 0 Å². The first-order valence-electron chi connectivity index (χ1n) is 5.20. The molecule has 0 unspecified atom stereocenters. The van der Waals surface area contributed by atoms with Crippen LogP contribution in [0.15, 0.2) is 0 Å². The van der Waals surface area contributed by atoms with Crippen molar-refractivity contribution in [2.24, 2.45) is 0 Å². The molecular formula is C8H18N2O10. The Kier molecular flexibility index (Phi) is 9.87. The fourth-order valence-electron chi connectivity index (χ4n) is 0.646. The van der Waals surface area contributed by atoms with Crippen molar-refractivity contribution in [1.29, 1.82) is 0 Å². The van der Waals surface area contributed by atoms with Gasteiger partial charge in [-0.1, -0.05) is 0 Å². The lowest BCUT2D eigenvalue weighted by Crippen LogP contribution is -2.49. The second-order valence-corrected chi connectivity index (χ2v) is 3.91. The zero-order chi connectivity index (χ0) is 16.4. The second kappa shape index (κ2) is 9.46. The Morgan fingerprint density at radius 2 is 0.750 bits per heavy atom. The number of hydrogen-bond donors (Lipinski definition) is 6. The highest BCUT2D eigenvalue weighted by atomic mass is 16.6. The summed E-state index contributed by atoms with van der Waals surface area (Å²) in [6.07, 6.45) is 0. The molecule has 0 fully saturated rings. The van der Waals surface area contributed by atoms with Crippen LogP contribution in [-0.2, 0) is 0 Å². The van der Waals surface area contributed by atoms with E-state index in [0.717, 1.165) is 0 Å². The van der Waals surface area contributed by atoms with Gasteiger partial charge in [-0.15, -0.1) is 0 Å². The van der Waals surface area contributed by atoms with Crippen molar-refractivity contribution >= 4 is 0 Å². The first kappa shape index (κ1) is 20.9. The number of hydrogen-bond acceptors (Lipinski definition) is 10. The van der Waals surface area contributed by atoms with Crippen molar-refractivity contribution in [2.45, 2.75) is 11.1 Å². The molecule has 0 heterocycles. The first-order chi connectivity index (χ1) is 9.25. The maximum Gasteiger partial charge on any atom is 0.289 e. The molecule has 0 aliphatic rings. The second-order valence-electron chi connectivity index (χ2n) is 3.91. The van der Waals surface area contributed by atoms with Gasteiger partial charge in [0, 0.05) is 9.85 Å². The van der Waals surface area contributed by atoms with Crippen LogP contribution >= 0.6 is 0 Å². The van der Waals surface area contributed by atoms with E-state index in [1.54, 1.807) is 0 Å². The summed E-state index contributed by atoms with van der Waals surface area (Å²) in [4.78, 5) is 18.3. The van der Waals surface area contributed by atoms with Crippen LogP contribution in [0, 0.1) is 20.2 Å². The van der Waals surface area contributed by atoms with Gasteiger partial charge >= 0.3 is 0 Å². The highest BCUT2D eigenvalue weighted by Gasteiger charge is 2.41. The molecule has 12 nitrogen and oxygen atoms in total. The molecule has 0 aliphatic carbocycles. The van der Waals surface area contributed by atoms with Gasteiger partial charge in [-0.05, 0) is 0 Å². The topological polar surface area (TPSA) is 208 Å². The van der Waals surface area contributed by atoms with Gasteiger partial charge in [0.1, 0.15) is 39.6 Å². The first-order valence-corrected chi connectivity index (χ1v) is 5.20. The van der Waals surface area contributed by atoms with Gasteiger partial charge in [0.05, 0.1) is 0 Å². The summed E-state index contributed by atoms with van der Waals surface area (Å²) in [7, 11) is 0. The summed E-state index contributed by atoms with van der Waals surface area (Å²) in [5, 5.41) is 70.4. The van der Waals surface area contributed by atoms with Gasteiger partial charge in [0.15, 0.2) is 0 Å². The van der Waals surface area contributed by atoms with Crippen molar-refractivity contribution < 1.29 is 40.5 Å². The Bertz CT molecular complexity index is 255. The monoisotopic (exact) mass is 302 g/mol. The van der Waals surface area contributed by atoms with Crippen molar-refractivity contribution in [1.82, 2.24) is 0 Å². The molecule has 0 aromatic heterocycles. The van der Waals surface area contributed by atoms with Crippen molar-refractivity contribution in [3.8, 4) is 0 Å². The molecule has 0 aromatic carbocycles. The molecule has 0 saturated carbocycles. The fraction of sp³-hybridized carbons (Fsp3) is 1.00. The highest BCUT2D eigenvalue weighted by Crippen LogP contribution is 2.06. The lowest BCUT2D eigenvalue weighted by atomic mass is 10.1. The summed E-state index contributed by atoms with van der Waals surface area (Å²) in [6.45, 7) is -5.21. The van der Waals surface area contributed by atoms with Crippen LogP contribution in [-0.4, -0.2) is 91.2 Å². The normalized spacial score (nSPS) is 11.5. The van der Waals surface area contributed by atoms with Gasteiger partial charge in [0.25, 0.3) is 11.1 Å². The molecule has 0 bridgehead atoms. The van der Waals surface area contributed by atoms with Crippen LogP contribution in [0.2, 0.25) is 0 Å². The number of aliphatic hydroxyl groups is 6. The summed E-state index contributed by atoms with van der Waals surface area (Å²) >= 11 is 0. The summed E-state index contributed by atoms with van der Waals surface area (Å²) < 4.78 is 0. The van der Waals surface area contributed by atoms with Crippen LogP contribution < -0.4 is 0 Å². The van der Waals surface area contributed by atoms with Crippen molar-refractivity contribution in [3.05, 3.63) is 20.2 Å². The molecule has 0 aromatic rings. The predicted molar refractivity (Wildman–Crippen MR) is 62.0 cm³/mol. The molecule has 120 valence electrons. The van der Waals surface area contributed by atoms with Crippen LogP contribution in [0.25, 0.3) is 0 Å². The molecule has 20 heavy (non-hydrogen) atoms. The standard InChI is InChI=1S/2C4H9NO5/c2*6-1-4(2-7,3-8)5(9)10/h2*6-8H,1-3H2. The molecule has 6 N–H and O–H groups in total. The molecule has 0 rings (SSSR count). The zero-order valence-electron chi connectivity index (χ0n) is 10.5. The minimum Gasteiger partial charge on any atom is -0.389 e. The summed E-state index contributed by atoms with van der Waals surface area (Å²) in [6, 6.07) is 0. The minimum absolute atomic E-state index is 0.868. The molecule has 0 radical (unpaired) electrons. The van der Waals surface area contributed by atoms with Gasteiger partial charge in [0.2, 0.25) is 0 Å². The molecule has 0 aliphatic heterocycles. The molecule has 0 spiro atoms. The SMILES string of the molecule is O=[N+]([O-])C(CO)(CO)CO.O=[N+]([O-])C(CO)(CO)CO. The van der Waals surface area contributed by atoms with Gasteiger partial charge < -0.3 is 30.6 Å². The van der Waals surface area contributed by atoms with E-state index in [9.17, 15) is 20.2 Å². The number of rotatable bonds is 8. The predicted octanol–water partition coefficient (Wildman–Crippen LogP) is -4.04. The quantitative estimate of drug-likeness (QED) is 0.189. The van der Waals surface area contributed by atoms with E-state index in [2.05, 4.69) is 0 Å². The molecule has 0 amide bonds. The maximum absolute atomic E-state index is 10.0. The van der Waals surface area contributed by atoms with Gasteiger partial charge in [-0.3, -0.25) is 20.2 Å². The van der Waals surface area contributed by atoms with E-state index >= 15 is 0 Å². The molecule has 12 heteroatoms. The zero-order valence-corrected chi connectivity index (χ0v) is 10.5. The Morgan fingerprint density at radius 3 is 0.750 bits per heavy atom. The van der Waals surface area contributed by atoms with Gasteiger partial charge in [-0.25, -0.2) is 0 Å². The van der Waals surface area contributed by atoms with Gasteiger partial charge in [-0.2, -0.15) is 0 Å². The largest absolute Gasteiger partial charge is 0.389 e. The Hall–Kier alpha value is -1.44. The molecular weight excluding hydrogens is 284 g/mol. The average Bonchev–Trinajstić information content (AvgIpc) is 2.44.